The first-order valence-electron chi connectivity index (χ1n) is 10.9. The van der Waals surface area contributed by atoms with Crippen molar-refractivity contribution in [1.82, 2.24) is 14.9 Å². The predicted molar refractivity (Wildman–Crippen MR) is 120 cm³/mol. The number of nitrogens with zero attached hydrogens (tertiary/aromatic N) is 1. The minimum atomic E-state index is 0.344. The molecule has 2 aromatic heterocycles. The average molecular weight is 388 g/mol. The lowest BCUT2D eigenvalue weighted by atomic mass is 9.89. The standard InChI is InChI=1S/C25H29N3O/c29-20-8-9-25-22(15-20)19(16-26-25)5-3-4-12-28-13-10-18(11-14-28)23-17-27-24-7-2-1-6-21(23)24/h1-2,6-9,15-18,26-27,29H,3-5,10-14H2. The smallest absolute Gasteiger partial charge is 0.116 e. The molecule has 1 fully saturated rings. The van der Waals surface area contributed by atoms with Crippen LogP contribution in [0.15, 0.2) is 54.9 Å². The Bertz CT molecular complexity index is 1100. The fourth-order valence-corrected chi connectivity index (χ4v) is 4.92. The molecule has 0 spiro atoms. The van der Waals surface area contributed by atoms with Gasteiger partial charge in [-0.15, -0.1) is 0 Å². The van der Waals surface area contributed by atoms with Crippen molar-refractivity contribution in [2.24, 2.45) is 0 Å². The molecule has 0 saturated carbocycles. The summed E-state index contributed by atoms with van der Waals surface area (Å²) in [5.74, 6) is 1.03. The first-order valence-corrected chi connectivity index (χ1v) is 10.9. The van der Waals surface area contributed by atoms with Crippen LogP contribution in [-0.4, -0.2) is 39.6 Å². The lowest BCUT2D eigenvalue weighted by Crippen LogP contribution is -2.33. The van der Waals surface area contributed by atoms with Crippen LogP contribution in [0.1, 0.15) is 42.7 Å². The fourth-order valence-electron chi connectivity index (χ4n) is 4.92. The van der Waals surface area contributed by atoms with E-state index in [1.807, 2.05) is 12.1 Å². The molecule has 4 aromatic rings. The van der Waals surface area contributed by atoms with E-state index in [0.29, 0.717) is 11.7 Å². The normalized spacial score (nSPS) is 16.1. The Kier molecular flexibility index (Phi) is 5.03. The highest BCUT2D eigenvalue weighted by atomic mass is 16.3. The topological polar surface area (TPSA) is 55.0 Å². The lowest BCUT2D eigenvalue weighted by Gasteiger charge is -2.32. The van der Waals surface area contributed by atoms with Crippen LogP contribution in [0.3, 0.4) is 0 Å². The second-order valence-corrected chi connectivity index (χ2v) is 8.41. The van der Waals surface area contributed by atoms with Crippen LogP contribution in [0, 0.1) is 0 Å². The molecular formula is C25H29N3O. The molecule has 0 radical (unpaired) electrons. The van der Waals surface area contributed by atoms with Gasteiger partial charge in [0.2, 0.25) is 0 Å². The molecule has 1 aliphatic heterocycles. The van der Waals surface area contributed by atoms with E-state index in [2.05, 4.69) is 51.5 Å². The lowest BCUT2D eigenvalue weighted by molar-refractivity contribution is 0.209. The molecule has 29 heavy (non-hydrogen) atoms. The first-order chi connectivity index (χ1) is 14.3. The Morgan fingerprint density at radius 3 is 2.59 bits per heavy atom. The van der Waals surface area contributed by atoms with Gasteiger partial charge in [0, 0.05) is 34.2 Å². The first kappa shape index (κ1) is 18.3. The summed E-state index contributed by atoms with van der Waals surface area (Å²) in [7, 11) is 0. The molecule has 4 heteroatoms. The molecule has 5 rings (SSSR count). The summed E-state index contributed by atoms with van der Waals surface area (Å²) in [5, 5.41) is 12.3. The Morgan fingerprint density at radius 2 is 1.69 bits per heavy atom. The molecule has 3 N–H and O–H groups in total. The summed E-state index contributed by atoms with van der Waals surface area (Å²) in [6.07, 6.45) is 10.3. The third kappa shape index (κ3) is 3.77. The molecule has 0 bridgehead atoms. The van der Waals surface area contributed by atoms with E-state index < -0.39 is 0 Å². The predicted octanol–water partition coefficient (Wildman–Crippen LogP) is 5.56. The maximum absolute atomic E-state index is 9.74. The second-order valence-electron chi connectivity index (χ2n) is 8.41. The van der Waals surface area contributed by atoms with Crippen molar-refractivity contribution in [2.75, 3.05) is 19.6 Å². The monoisotopic (exact) mass is 387 g/mol. The number of piperidine rings is 1. The van der Waals surface area contributed by atoms with Gasteiger partial charge < -0.3 is 20.0 Å². The molecule has 0 amide bonds. The van der Waals surface area contributed by atoms with Gasteiger partial charge in [0.05, 0.1) is 0 Å². The number of nitrogens with one attached hydrogen (secondary N) is 2. The fraction of sp³-hybridized carbons (Fsp3) is 0.360. The third-order valence-corrected chi connectivity index (χ3v) is 6.57. The van der Waals surface area contributed by atoms with Crippen LogP contribution in [0.25, 0.3) is 21.8 Å². The van der Waals surface area contributed by atoms with Crippen LogP contribution in [0.5, 0.6) is 5.75 Å². The number of unbranched alkanes of at least 4 members (excludes halogenated alkanes) is 1. The summed E-state index contributed by atoms with van der Waals surface area (Å²) in [4.78, 5) is 9.38. The molecule has 150 valence electrons. The summed E-state index contributed by atoms with van der Waals surface area (Å²) < 4.78 is 0. The number of H-pyrrole nitrogens is 2. The van der Waals surface area contributed by atoms with Crippen molar-refractivity contribution in [2.45, 2.75) is 38.0 Å². The summed E-state index contributed by atoms with van der Waals surface area (Å²) in [6, 6.07) is 14.2. The SMILES string of the molecule is Oc1ccc2[nH]cc(CCCCN3CCC(c4c[nH]c5ccccc45)CC3)c2c1. The van der Waals surface area contributed by atoms with Gasteiger partial charge in [0.25, 0.3) is 0 Å². The van der Waals surface area contributed by atoms with Crippen LogP contribution in [0.2, 0.25) is 0 Å². The van der Waals surface area contributed by atoms with Crippen LogP contribution >= 0.6 is 0 Å². The number of phenols is 1. The molecule has 3 heterocycles. The molecule has 0 aliphatic carbocycles. The number of benzene rings is 2. The zero-order valence-corrected chi connectivity index (χ0v) is 16.8. The maximum atomic E-state index is 9.74. The zero-order valence-electron chi connectivity index (χ0n) is 16.8. The Balaban J connectivity index is 1.10. The van der Waals surface area contributed by atoms with Gasteiger partial charge in [0.1, 0.15) is 5.75 Å². The number of aromatic hydroxyl groups is 1. The van der Waals surface area contributed by atoms with Crippen molar-refractivity contribution in [3.8, 4) is 5.75 Å². The van der Waals surface area contributed by atoms with E-state index in [0.717, 1.165) is 17.3 Å². The van der Waals surface area contributed by atoms with E-state index in [4.69, 9.17) is 0 Å². The van der Waals surface area contributed by atoms with Gasteiger partial charge in [-0.3, -0.25) is 0 Å². The summed E-state index contributed by atoms with van der Waals surface area (Å²) in [5.41, 5.74) is 5.18. The van der Waals surface area contributed by atoms with Crippen LogP contribution < -0.4 is 0 Å². The van der Waals surface area contributed by atoms with E-state index >= 15 is 0 Å². The number of aryl methyl sites for hydroxylation is 1. The zero-order chi connectivity index (χ0) is 19.6. The van der Waals surface area contributed by atoms with Gasteiger partial charge in [-0.25, -0.2) is 0 Å². The van der Waals surface area contributed by atoms with Gasteiger partial charge in [-0.2, -0.15) is 0 Å². The molecule has 1 saturated heterocycles. The van der Waals surface area contributed by atoms with Gasteiger partial charge in [0.15, 0.2) is 0 Å². The highest BCUT2D eigenvalue weighted by molar-refractivity contribution is 5.84. The van der Waals surface area contributed by atoms with Crippen molar-refractivity contribution in [1.29, 1.82) is 0 Å². The number of fused-ring (bicyclic) bond motifs is 2. The number of aromatic amines is 2. The molecule has 4 nitrogen and oxygen atoms in total. The van der Waals surface area contributed by atoms with Crippen molar-refractivity contribution >= 4 is 21.8 Å². The van der Waals surface area contributed by atoms with Crippen molar-refractivity contribution < 1.29 is 5.11 Å². The minimum Gasteiger partial charge on any atom is -0.508 e. The average Bonchev–Trinajstić information content (AvgIpc) is 3.36. The number of rotatable bonds is 6. The number of hydrogen-bond donors (Lipinski definition) is 3. The second kappa shape index (κ2) is 7.96. The number of aromatic nitrogens is 2. The van der Waals surface area contributed by atoms with Crippen molar-refractivity contribution in [3.05, 3.63) is 66.0 Å². The molecule has 0 atom stereocenters. The summed E-state index contributed by atoms with van der Waals surface area (Å²) >= 11 is 0. The molecule has 0 unspecified atom stereocenters. The highest BCUT2D eigenvalue weighted by Gasteiger charge is 2.22. The largest absolute Gasteiger partial charge is 0.508 e. The Morgan fingerprint density at radius 1 is 0.897 bits per heavy atom. The van der Waals surface area contributed by atoms with E-state index in [9.17, 15) is 5.11 Å². The third-order valence-electron chi connectivity index (χ3n) is 6.57. The highest BCUT2D eigenvalue weighted by Crippen LogP contribution is 2.33. The Labute approximate surface area is 171 Å². The van der Waals surface area contributed by atoms with Crippen molar-refractivity contribution in [3.63, 3.8) is 0 Å². The number of phenolic OH excluding ortho intramolecular Hbond substituents is 1. The minimum absolute atomic E-state index is 0.344. The summed E-state index contributed by atoms with van der Waals surface area (Å²) in [6.45, 7) is 3.59. The maximum Gasteiger partial charge on any atom is 0.116 e. The number of likely N-dealkylation sites (tertiary alicyclic amines) is 1. The van der Waals surface area contributed by atoms with E-state index in [1.54, 1.807) is 6.07 Å². The number of para-hydroxylation sites is 1. The Hall–Kier alpha value is -2.72. The molecular weight excluding hydrogens is 358 g/mol. The van der Waals surface area contributed by atoms with Gasteiger partial charge in [-0.1, -0.05) is 18.2 Å². The van der Waals surface area contributed by atoms with E-state index in [-0.39, 0.29) is 0 Å². The van der Waals surface area contributed by atoms with Crippen LogP contribution in [-0.2, 0) is 6.42 Å². The van der Waals surface area contributed by atoms with E-state index in [1.165, 1.54) is 67.3 Å². The van der Waals surface area contributed by atoms with Gasteiger partial charge in [-0.05, 0) is 93.0 Å². The van der Waals surface area contributed by atoms with Crippen LogP contribution in [0.4, 0.5) is 0 Å². The number of hydrogen-bond acceptors (Lipinski definition) is 2. The molecule has 2 aromatic carbocycles. The van der Waals surface area contributed by atoms with Gasteiger partial charge >= 0.3 is 0 Å². The molecule has 1 aliphatic rings. The quantitative estimate of drug-likeness (QED) is 0.380.